The zero-order chi connectivity index (χ0) is 14.8. The van der Waals surface area contributed by atoms with Crippen molar-refractivity contribution in [3.05, 3.63) is 65.2 Å². The van der Waals surface area contributed by atoms with Gasteiger partial charge in [0.05, 0.1) is 5.69 Å². The maximum absolute atomic E-state index is 12.3. The Kier molecular flexibility index (Phi) is 3.48. The topological polar surface area (TPSA) is 29.5 Å². The normalized spacial score (nSPS) is 13.3. The summed E-state index contributed by atoms with van der Waals surface area (Å²) >= 11 is 0. The Labute approximate surface area is 124 Å². The molecule has 2 aromatic carbocycles. The number of fused-ring (bicyclic) bond motifs is 1. The van der Waals surface area contributed by atoms with Crippen LogP contribution in [0, 0.1) is 13.8 Å². The molecule has 1 aliphatic heterocycles. The molecule has 3 heteroatoms. The van der Waals surface area contributed by atoms with E-state index >= 15 is 0 Å². The summed E-state index contributed by atoms with van der Waals surface area (Å²) in [6.07, 6.45) is 3.44. The number of carbonyl (C=O) groups excluding carboxylic acids is 1. The summed E-state index contributed by atoms with van der Waals surface area (Å²) < 4.78 is 5.49. The second-order valence-corrected chi connectivity index (χ2v) is 5.18. The van der Waals surface area contributed by atoms with Gasteiger partial charge >= 0.3 is 0 Å². The molecule has 1 aliphatic rings. The van der Waals surface area contributed by atoms with Crippen LogP contribution in [0.15, 0.2) is 48.5 Å². The first-order valence-corrected chi connectivity index (χ1v) is 6.94. The first-order chi connectivity index (χ1) is 10.1. The van der Waals surface area contributed by atoms with E-state index in [9.17, 15) is 4.79 Å². The predicted molar refractivity (Wildman–Crippen MR) is 84.4 cm³/mol. The number of benzene rings is 2. The predicted octanol–water partition coefficient (Wildman–Crippen LogP) is 3.70. The van der Waals surface area contributed by atoms with E-state index in [1.807, 2.05) is 36.4 Å². The standard InChI is InChI=1S/C18H17NO2/c1-13-7-8-15(11-14(13)2)9-10-18(20)19-12-21-17-6-4-3-5-16(17)19/h3-11H,12H2,1-2H3/b10-9+. The van der Waals surface area contributed by atoms with Gasteiger partial charge in [-0.2, -0.15) is 0 Å². The number of anilines is 1. The van der Waals surface area contributed by atoms with Crippen molar-refractivity contribution < 1.29 is 9.53 Å². The highest BCUT2D eigenvalue weighted by molar-refractivity contribution is 6.05. The van der Waals surface area contributed by atoms with Gasteiger partial charge in [-0.3, -0.25) is 9.69 Å². The largest absolute Gasteiger partial charge is 0.470 e. The van der Waals surface area contributed by atoms with Gasteiger partial charge in [0.1, 0.15) is 5.75 Å². The number of carbonyl (C=O) groups is 1. The Morgan fingerprint density at radius 1 is 1.14 bits per heavy atom. The van der Waals surface area contributed by atoms with Crippen LogP contribution in [0.25, 0.3) is 6.08 Å². The van der Waals surface area contributed by atoms with Gasteiger partial charge < -0.3 is 4.74 Å². The van der Waals surface area contributed by atoms with Gasteiger partial charge in [-0.1, -0.05) is 30.3 Å². The second kappa shape index (κ2) is 5.44. The highest BCUT2D eigenvalue weighted by Crippen LogP contribution is 2.33. The number of hydrogen-bond acceptors (Lipinski definition) is 2. The Morgan fingerprint density at radius 2 is 1.95 bits per heavy atom. The Bertz CT molecular complexity index is 719. The lowest BCUT2D eigenvalue weighted by Gasteiger charge is -2.11. The van der Waals surface area contributed by atoms with Crippen LogP contribution < -0.4 is 9.64 Å². The zero-order valence-electron chi connectivity index (χ0n) is 12.2. The first kappa shape index (κ1) is 13.4. The summed E-state index contributed by atoms with van der Waals surface area (Å²) in [5.41, 5.74) is 4.33. The molecule has 0 radical (unpaired) electrons. The van der Waals surface area contributed by atoms with Gasteiger partial charge in [0.2, 0.25) is 0 Å². The minimum absolute atomic E-state index is 0.0711. The average molecular weight is 279 g/mol. The molecule has 0 unspecified atom stereocenters. The zero-order valence-corrected chi connectivity index (χ0v) is 12.2. The number of amides is 1. The SMILES string of the molecule is Cc1ccc(/C=C/C(=O)N2COc3ccccc32)cc1C. The Morgan fingerprint density at radius 3 is 2.76 bits per heavy atom. The van der Waals surface area contributed by atoms with E-state index < -0.39 is 0 Å². The third kappa shape index (κ3) is 2.68. The van der Waals surface area contributed by atoms with Crippen LogP contribution in [0.2, 0.25) is 0 Å². The molecule has 0 saturated carbocycles. The van der Waals surface area contributed by atoms with Crippen LogP contribution in [0.5, 0.6) is 5.75 Å². The molecule has 3 rings (SSSR count). The first-order valence-electron chi connectivity index (χ1n) is 6.94. The van der Waals surface area contributed by atoms with E-state index in [1.54, 1.807) is 11.0 Å². The fourth-order valence-electron chi connectivity index (χ4n) is 2.31. The van der Waals surface area contributed by atoms with E-state index in [-0.39, 0.29) is 12.6 Å². The second-order valence-electron chi connectivity index (χ2n) is 5.18. The van der Waals surface area contributed by atoms with Crippen LogP contribution in [-0.2, 0) is 4.79 Å². The summed E-state index contributed by atoms with van der Waals surface area (Å²) in [5, 5.41) is 0. The van der Waals surface area contributed by atoms with Gasteiger partial charge in [0.15, 0.2) is 6.73 Å². The molecule has 0 aliphatic carbocycles. The van der Waals surface area contributed by atoms with Crippen molar-refractivity contribution in [3.8, 4) is 5.75 Å². The highest BCUT2D eigenvalue weighted by Gasteiger charge is 2.23. The molecule has 0 atom stereocenters. The minimum Gasteiger partial charge on any atom is -0.470 e. The monoisotopic (exact) mass is 279 g/mol. The Balaban J connectivity index is 1.78. The van der Waals surface area contributed by atoms with Gasteiger partial charge in [-0.05, 0) is 48.7 Å². The molecule has 0 fully saturated rings. The lowest BCUT2D eigenvalue weighted by molar-refractivity contribution is -0.114. The van der Waals surface area contributed by atoms with E-state index in [4.69, 9.17) is 4.74 Å². The van der Waals surface area contributed by atoms with Gasteiger partial charge in [0, 0.05) is 6.08 Å². The van der Waals surface area contributed by atoms with Crippen LogP contribution in [0.3, 0.4) is 0 Å². The molecule has 0 N–H and O–H groups in total. The number of ether oxygens (including phenoxy) is 1. The number of nitrogens with zero attached hydrogens (tertiary/aromatic N) is 1. The molecule has 21 heavy (non-hydrogen) atoms. The maximum Gasteiger partial charge on any atom is 0.253 e. The number of para-hydroxylation sites is 2. The van der Waals surface area contributed by atoms with Crippen molar-refractivity contribution in [1.82, 2.24) is 0 Å². The van der Waals surface area contributed by atoms with Crippen LogP contribution in [0.4, 0.5) is 5.69 Å². The van der Waals surface area contributed by atoms with Gasteiger partial charge in [0.25, 0.3) is 5.91 Å². The third-order valence-electron chi connectivity index (χ3n) is 3.72. The molecule has 0 aromatic heterocycles. The fraction of sp³-hybridized carbons (Fsp3) is 0.167. The summed E-state index contributed by atoms with van der Waals surface area (Å²) in [7, 11) is 0. The third-order valence-corrected chi connectivity index (χ3v) is 3.72. The lowest BCUT2D eigenvalue weighted by Crippen LogP contribution is -2.28. The van der Waals surface area contributed by atoms with E-state index in [0.717, 1.165) is 17.0 Å². The van der Waals surface area contributed by atoms with Crippen molar-refractivity contribution in [1.29, 1.82) is 0 Å². The Hall–Kier alpha value is -2.55. The minimum atomic E-state index is -0.0711. The van der Waals surface area contributed by atoms with Crippen LogP contribution in [-0.4, -0.2) is 12.6 Å². The summed E-state index contributed by atoms with van der Waals surface area (Å²) in [6.45, 7) is 4.42. The molecule has 0 bridgehead atoms. The van der Waals surface area contributed by atoms with E-state index in [1.165, 1.54) is 11.1 Å². The molecule has 106 valence electrons. The molecular weight excluding hydrogens is 262 g/mol. The lowest BCUT2D eigenvalue weighted by atomic mass is 10.1. The highest BCUT2D eigenvalue weighted by atomic mass is 16.5. The van der Waals surface area contributed by atoms with Crippen molar-refractivity contribution in [2.24, 2.45) is 0 Å². The van der Waals surface area contributed by atoms with Crippen LogP contribution >= 0.6 is 0 Å². The number of hydrogen-bond donors (Lipinski definition) is 0. The average Bonchev–Trinajstić information content (AvgIpc) is 2.92. The molecular formula is C18H17NO2. The van der Waals surface area contributed by atoms with Gasteiger partial charge in [-0.15, -0.1) is 0 Å². The fourth-order valence-corrected chi connectivity index (χ4v) is 2.31. The maximum atomic E-state index is 12.3. The summed E-state index contributed by atoms with van der Waals surface area (Å²) in [4.78, 5) is 13.9. The van der Waals surface area contributed by atoms with Crippen molar-refractivity contribution in [3.63, 3.8) is 0 Å². The summed E-state index contributed by atoms with van der Waals surface area (Å²) in [6, 6.07) is 13.7. The van der Waals surface area contributed by atoms with Crippen LogP contribution in [0.1, 0.15) is 16.7 Å². The number of rotatable bonds is 2. The quantitative estimate of drug-likeness (QED) is 0.784. The van der Waals surface area contributed by atoms with Crippen molar-refractivity contribution in [2.45, 2.75) is 13.8 Å². The van der Waals surface area contributed by atoms with Gasteiger partial charge in [-0.25, -0.2) is 0 Å². The molecule has 0 spiro atoms. The molecule has 1 amide bonds. The molecule has 0 saturated heterocycles. The summed E-state index contributed by atoms with van der Waals surface area (Å²) in [5.74, 6) is 0.684. The molecule has 3 nitrogen and oxygen atoms in total. The van der Waals surface area contributed by atoms with Crippen molar-refractivity contribution >= 4 is 17.7 Å². The van der Waals surface area contributed by atoms with Crippen molar-refractivity contribution in [2.75, 3.05) is 11.6 Å². The molecule has 1 heterocycles. The number of aryl methyl sites for hydroxylation is 2. The smallest absolute Gasteiger partial charge is 0.253 e. The van der Waals surface area contributed by atoms with E-state index in [0.29, 0.717) is 0 Å². The molecule has 2 aromatic rings. The van der Waals surface area contributed by atoms with E-state index in [2.05, 4.69) is 26.0 Å².